The second-order valence-electron chi connectivity index (χ2n) is 5.26. The molecule has 0 fully saturated rings. The molecule has 0 amide bonds. The number of halogens is 1. The maximum atomic E-state index is 12.1. The molecule has 0 N–H and O–H groups in total. The van der Waals surface area contributed by atoms with Gasteiger partial charge in [0.25, 0.3) is 0 Å². The number of rotatable bonds is 3. The number of aliphatic imine (C=N–C) groups is 1. The maximum Gasteiger partial charge on any atom is 0.363 e. The van der Waals surface area contributed by atoms with E-state index in [0.717, 1.165) is 10.6 Å². The molecule has 2 aromatic carbocycles. The van der Waals surface area contributed by atoms with Crippen molar-refractivity contribution in [1.82, 2.24) is 4.98 Å². The molecule has 2 heterocycles. The molecule has 1 aliphatic heterocycles. The fourth-order valence-corrected chi connectivity index (χ4v) is 3.36. The third-order valence-corrected chi connectivity index (χ3v) is 4.79. The van der Waals surface area contributed by atoms with Gasteiger partial charge >= 0.3 is 5.97 Å². The quantitative estimate of drug-likeness (QED) is 0.493. The zero-order valence-electron chi connectivity index (χ0n) is 12.8. The summed E-state index contributed by atoms with van der Waals surface area (Å²) in [5, 5.41) is 3.25. The number of carbonyl (C=O) groups excluding carboxylic acids is 1. The van der Waals surface area contributed by atoms with Crippen molar-refractivity contribution < 1.29 is 9.53 Å². The fraction of sp³-hybridized carbons (Fsp3) is 0. The van der Waals surface area contributed by atoms with Crippen LogP contribution in [-0.2, 0) is 9.53 Å². The van der Waals surface area contributed by atoms with Crippen molar-refractivity contribution in [2.24, 2.45) is 4.99 Å². The lowest BCUT2D eigenvalue weighted by molar-refractivity contribution is -0.129. The first-order valence-corrected chi connectivity index (χ1v) is 8.75. The molecule has 0 bridgehead atoms. The molecule has 4 nitrogen and oxygen atoms in total. The van der Waals surface area contributed by atoms with Gasteiger partial charge in [-0.1, -0.05) is 54.1 Å². The third kappa shape index (κ3) is 3.24. The van der Waals surface area contributed by atoms with E-state index < -0.39 is 5.97 Å². The Hall–Kier alpha value is -2.76. The summed E-state index contributed by atoms with van der Waals surface area (Å²) in [4.78, 5) is 20.9. The molecule has 0 unspecified atom stereocenters. The summed E-state index contributed by atoms with van der Waals surface area (Å²) >= 11 is 7.64. The van der Waals surface area contributed by atoms with Gasteiger partial charge in [-0.25, -0.2) is 14.8 Å². The minimum absolute atomic E-state index is 0.208. The van der Waals surface area contributed by atoms with Crippen LogP contribution in [0.2, 0.25) is 5.02 Å². The van der Waals surface area contributed by atoms with Gasteiger partial charge in [0.2, 0.25) is 5.90 Å². The number of esters is 1. The largest absolute Gasteiger partial charge is 0.402 e. The summed E-state index contributed by atoms with van der Waals surface area (Å²) in [5.74, 6) is -0.301. The van der Waals surface area contributed by atoms with Crippen molar-refractivity contribution in [1.29, 1.82) is 0 Å². The maximum absolute atomic E-state index is 12.1. The van der Waals surface area contributed by atoms with Gasteiger partial charge in [-0.3, -0.25) is 0 Å². The Morgan fingerprint density at radius 1 is 1.04 bits per heavy atom. The van der Waals surface area contributed by atoms with Gasteiger partial charge in [0.1, 0.15) is 5.01 Å². The molecular formula is C19H11ClN2O2S. The first-order chi connectivity index (χ1) is 12.2. The first kappa shape index (κ1) is 15.7. The molecule has 0 spiro atoms. The molecule has 3 aromatic rings. The number of carbonyl (C=O) groups is 1. The Balaban J connectivity index is 1.65. The fourth-order valence-electron chi connectivity index (χ4n) is 2.36. The number of cyclic esters (lactones) is 1. The smallest absolute Gasteiger partial charge is 0.363 e. The third-order valence-electron chi connectivity index (χ3n) is 3.55. The molecule has 0 atom stereocenters. The molecule has 0 saturated carbocycles. The van der Waals surface area contributed by atoms with E-state index in [2.05, 4.69) is 9.98 Å². The summed E-state index contributed by atoms with van der Waals surface area (Å²) in [6, 6.07) is 17.0. The molecule has 6 heteroatoms. The first-order valence-electron chi connectivity index (χ1n) is 7.49. The van der Waals surface area contributed by atoms with Crippen molar-refractivity contribution in [2.75, 3.05) is 0 Å². The number of aromatic nitrogens is 1. The van der Waals surface area contributed by atoms with Crippen LogP contribution in [0.5, 0.6) is 0 Å². The summed E-state index contributed by atoms with van der Waals surface area (Å²) in [6.07, 6.45) is 1.62. The highest BCUT2D eigenvalue weighted by atomic mass is 35.5. The Morgan fingerprint density at radius 2 is 1.80 bits per heavy atom. The number of benzene rings is 2. The molecule has 25 heavy (non-hydrogen) atoms. The van der Waals surface area contributed by atoms with Crippen LogP contribution in [0.15, 0.2) is 70.7 Å². The van der Waals surface area contributed by atoms with E-state index in [1.54, 1.807) is 24.3 Å². The van der Waals surface area contributed by atoms with E-state index in [4.69, 9.17) is 16.3 Å². The average Bonchev–Trinajstić information content (AvgIpc) is 3.24. The molecule has 1 aromatic heterocycles. The average molecular weight is 367 g/mol. The van der Waals surface area contributed by atoms with Crippen molar-refractivity contribution in [2.45, 2.75) is 0 Å². The Bertz CT molecular complexity index is 1010. The Kier molecular flexibility index (Phi) is 4.17. The summed E-state index contributed by atoms with van der Waals surface area (Å²) in [6.45, 7) is 0. The van der Waals surface area contributed by atoms with Crippen molar-refractivity contribution in [3.63, 3.8) is 0 Å². The van der Waals surface area contributed by atoms with Crippen LogP contribution < -0.4 is 0 Å². The monoisotopic (exact) mass is 366 g/mol. The van der Waals surface area contributed by atoms with Gasteiger partial charge < -0.3 is 4.74 Å². The van der Waals surface area contributed by atoms with Gasteiger partial charge in [0.05, 0.1) is 16.3 Å². The number of ether oxygens (including phenoxy) is 1. The second-order valence-corrected chi connectivity index (χ2v) is 6.52. The highest BCUT2D eigenvalue weighted by Crippen LogP contribution is 2.27. The predicted octanol–water partition coefficient (Wildman–Crippen LogP) is 4.81. The molecule has 122 valence electrons. The Labute approximate surface area is 153 Å². The number of hydrogen-bond acceptors (Lipinski definition) is 5. The van der Waals surface area contributed by atoms with Crippen LogP contribution in [0.1, 0.15) is 11.3 Å². The zero-order chi connectivity index (χ0) is 17.2. The molecule has 0 aliphatic carbocycles. The van der Waals surface area contributed by atoms with E-state index in [9.17, 15) is 4.79 Å². The van der Waals surface area contributed by atoms with Gasteiger partial charge in [0.15, 0.2) is 5.70 Å². The van der Waals surface area contributed by atoms with E-state index in [1.807, 2.05) is 41.8 Å². The number of hydrogen-bond donors (Lipinski definition) is 0. The van der Waals surface area contributed by atoms with Crippen LogP contribution in [0.3, 0.4) is 0 Å². The van der Waals surface area contributed by atoms with Crippen LogP contribution in [-0.4, -0.2) is 16.9 Å². The van der Waals surface area contributed by atoms with Gasteiger partial charge in [0, 0.05) is 10.9 Å². The van der Waals surface area contributed by atoms with E-state index in [-0.39, 0.29) is 11.6 Å². The summed E-state index contributed by atoms with van der Waals surface area (Å²) in [5.41, 5.74) is 2.50. The lowest BCUT2D eigenvalue weighted by Crippen LogP contribution is -2.05. The number of thiazole rings is 1. The van der Waals surface area contributed by atoms with Crippen molar-refractivity contribution in [3.05, 3.63) is 82.0 Å². The van der Waals surface area contributed by atoms with Gasteiger partial charge in [-0.05, 0) is 18.2 Å². The minimum Gasteiger partial charge on any atom is -0.402 e. The van der Waals surface area contributed by atoms with E-state index in [1.165, 1.54) is 11.3 Å². The minimum atomic E-state index is -0.510. The zero-order valence-corrected chi connectivity index (χ0v) is 14.4. The topological polar surface area (TPSA) is 51.5 Å². The molecule has 0 radical (unpaired) electrons. The molecule has 1 aliphatic rings. The second kappa shape index (κ2) is 6.63. The van der Waals surface area contributed by atoms with Crippen LogP contribution >= 0.6 is 22.9 Å². The molecular weight excluding hydrogens is 356 g/mol. The van der Waals surface area contributed by atoms with Crippen molar-refractivity contribution >= 4 is 40.9 Å². The highest BCUT2D eigenvalue weighted by molar-refractivity contribution is 7.13. The van der Waals surface area contributed by atoms with Crippen LogP contribution in [0.25, 0.3) is 16.6 Å². The van der Waals surface area contributed by atoms with Crippen LogP contribution in [0.4, 0.5) is 0 Å². The Morgan fingerprint density at radius 3 is 2.60 bits per heavy atom. The summed E-state index contributed by atoms with van der Waals surface area (Å²) in [7, 11) is 0. The standard InChI is InChI=1S/C19H11ClN2O2S/c20-15-9-5-4-8-14(15)17-22-16(19(23)24-17)10-13-11-25-18(21-13)12-6-2-1-3-7-12/h1-11H/b16-10-. The van der Waals surface area contributed by atoms with E-state index >= 15 is 0 Å². The normalized spacial score (nSPS) is 15.3. The summed E-state index contributed by atoms with van der Waals surface area (Å²) < 4.78 is 5.24. The predicted molar refractivity (Wildman–Crippen MR) is 99.6 cm³/mol. The lowest BCUT2D eigenvalue weighted by Gasteiger charge is -2.00. The lowest BCUT2D eigenvalue weighted by atomic mass is 10.2. The highest BCUT2D eigenvalue weighted by Gasteiger charge is 2.25. The van der Waals surface area contributed by atoms with Gasteiger partial charge in [-0.2, -0.15) is 0 Å². The molecule has 4 rings (SSSR count). The molecule has 0 saturated heterocycles. The number of nitrogens with zero attached hydrogens (tertiary/aromatic N) is 2. The van der Waals surface area contributed by atoms with Gasteiger partial charge in [-0.15, -0.1) is 11.3 Å². The SMILES string of the molecule is O=C1OC(c2ccccc2Cl)=N/C1=C\c1csc(-c2ccccc2)n1. The van der Waals surface area contributed by atoms with Crippen molar-refractivity contribution in [3.8, 4) is 10.6 Å². The van der Waals surface area contributed by atoms with Crippen LogP contribution in [0, 0.1) is 0 Å². The van der Waals surface area contributed by atoms with E-state index in [0.29, 0.717) is 16.3 Å².